The third-order valence-corrected chi connectivity index (χ3v) is 4.79. The largest absolute Gasteiger partial charge is 0.456 e. The molecule has 0 aliphatic rings. The molecule has 0 atom stereocenters. The SMILES string of the molecule is N#Cc1cnn(-c2ccccc2)c1NC(=O)COC(=O)CCc1c[nH]c2ccccc12. The zero-order valence-corrected chi connectivity index (χ0v) is 16.5. The molecule has 0 aliphatic carbocycles. The smallest absolute Gasteiger partial charge is 0.306 e. The van der Waals surface area contributed by atoms with E-state index in [9.17, 15) is 14.9 Å². The van der Waals surface area contributed by atoms with E-state index in [0.29, 0.717) is 12.1 Å². The number of nitriles is 1. The lowest BCUT2D eigenvalue weighted by Crippen LogP contribution is -2.23. The average molecular weight is 413 g/mol. The highest BCUT2D eigenvalue weighted by atomic mass is 16.5. The highest BCUT2D eigenvalue weighted by molar-refractivity contribution is 5.93. The Kier molecular flexibility index (Phi) is 5.76. The van der Waals surface area contributed by atoms with Crippen LogP contribution < -0.4 is 5.32 Å². The second-order valence-corrected chi connectivity index (χ2v) is 6.83. The predicted octanol–water partition coefficient (Wildman–Crippen LogP) is 3.34. The van der Waals surface area contributed by atoms with E-state index < -0.39 is 18.5 Å². The molecular weight excluding hydrogens is 394 g/mol. The van der Waals surface area contributed by atoms with Gasteiger partial charge in [-0.25, -0.2) is 4.68 Å². The molecule has 0 spiro atoms. The molecule has 0 fully saturated rings. The zero-order valence-electron chi connectivity index (χ0n) is 16.5. The maximum absolute atomic E-state index is 12.3. The first-order valence-electron chi connectivity index (χ1n) is 9.69. The van der Waals surface area contributed by atoms with E-state index in [1.807, 2.05) is 54.7 Å². The van der Waals surface area contributed by atoms with Crippen LogP contribution in [0.3, 0.4) is 0 Å². The number of amides is 1. The van der Waals surface area contributed by atoms with Gasteiger partial charge in [-0.2, -0.15) is 10.4 Å². The number of anilines is 1. The lowest BCUT2D eigenvalue weighted by Gasteiger charge is -2.10. The van der Waals surface area contributed by atoms with Crippen molar-refractivity contribution in [1.82, 2.24) is 14.8 Å². The number of carbonyl (C=O) groups is 2. The number of hydrogen-bond acceptors (Lipinski definition) is 5. The summed E-state index contributed by atoms with van der Waals surface area (Å²) >= 11 is 0. The molecule has 154 valence electrons. The van der Waals surface area contributed by atoms with Gasteiger partial charge in [0.1, 0.15) is 11.6 Å². The maximum Gasteiger partial charge on any atom is 0.306 e. The molecule has 1 amide bonds. The van der Waals surface area contributed by atoms with Crippen LogP contribution in [0.25, 0.3) is 16.6 Å². The molecule has 0 unspecified atom stereocenters. The normalized spacial score (nSPS) is 10.5. The number of H-pyrrole nitrogens is 1. The van der Waals surface area contributed by atoms with Crippen LogP contribution in [0.5, 0.6) is 0 Å². The standard InChI is InChI=1S/C23H19N5O3/c24-12-17-14-26-28(18-6-2-1-3-7-18)23(17)27-21(29)15-31-22(30)11-10-16-13-25-20-9-5-4-8-19(16)20/h1-9,13-14,25H,10-11,15H2,(H,27,29). The number of carbonyl (C=O) groups excluding carboxylic acids is 2. The molecule has 31 heavy (non-hydrogen) atoms. The van der Waals surface area contributed by atoms with E-state index in [2.05, 4.69) is 15.4 Å². The number of rotatable bonds is 7. The van der Waals surface area contributed by atoms with Crippen molar-refractivity contribution in [2.75, 3.05) is 11.9 Å². The first-order chi connectivity index (χ1) is 15.2. The number of aryl methyl sites for hydroxylation is 1. The second-order valence-electron chi connectivity index (χ2n) is 6.83. The lowest BCUT2D eigenvalue weighted by atomic mass is 10.1. The summed E-state index contributed by atoms with van der Waals surface area (Å²) in [6.45, 7) is -0.447. The lowest BCUT2D eigenvalue weighted by molar-refractivity contribution is -0.147. The fourth-order valence-electron chi connectivity index (χ4n) is 3.28. The Bertz CT molecular complexity index is 1270. The molecule has 8 heteroatoms. The van der Waals surface area contributed by atoms with Gasteiger partial charge >= 0.3 is 5.97 Å². The minimum absolute atomic E-state index is 0.153. The number of hydrogen-bond donors (Lipinski definition) is 2. The van der Waals surface area contributed by atoms with Gasteiger partial charge in [0.15, 0.2) is 12.4 Å². The topological polar surface area (TPSA) is 113 Å². The Morgan fingerprint density at radius 3 is 2.71 bits per heavy atom. The van der Waals surface area contributed by atoms with Crippen LogP contribution in [0, 0.1) is 11.3 Å². The molecule has 0 bridgehead atoms. The number of aromatic nitrogens is 3. The van der Waals surface area contributed by atoms with Crippen molar-refractivity contribution in [3.8, 4) is 11.8 Å². The number of para-hydroxylation sites is 2. The molecule has 2 aromatic heterocycles. The Hall–Kier alpha value is -4.38. The number of aromatic amines is 1. The number of nitrogens with zero attached hydrogens (tertiary/aromatic N) is 3. The Balaban J connectivity index is 1.34. The molecular formula is C23H19N5O3. The van der Waals surface area contributed by atoms with E-state index in [4.69, 9.17) is 4.74 Å². The minimum atomic E-state index is -0.547. The molecule has 0 aliphatic heterocycles. The highest BCUT2D eigenvalue weighted by Crippen LogP contribution is 2.20. The summed E-state index contributed by atoms with van der Waals surface area (Å²) in [5.41, 5.74) is 2.92. The minimum Gasteiger partial charge on any atom is -0.456 e. The highest BCUT2D eigenvalue weighted by Gasteiger charge is 2.16. The number of esters is 1. The van der Waals surface area contributed by atoms with Crippen molar-refractivity contribution >= 4 is 28.6 Å². The van der Waals surface area contributed by atoms with E-state index in [-0.39, 0.29) is 17.8 Å². The van der Waals surface area contributed by atoms with Gasteiger partial charge in [-0.15, -0.1) is 0 Å². The van der Waals surface area contributed by atoms with E-state index in [1.165, 1.54) is 10.9 Å². The summed E-state index contributed by atoms with van der Waals surface area (Å²) in [6.07, 6.45) is 3.90. The number of ether oxygens (including phenoxy) is 1. The summed E-state index contributed by atoms with van der Waals surface area (Å²) in [7, 11) is 0. The molecule has 0 saturated carbocycles. The third kappa shape index (κ3) is 4.46. The summed E-state index contributed by atoms with van der Waals surface area (Å²) in [4.78, 5) is 27.6. The monoisotopic (exact) mass is 413 g/mol. The van der Waals surface area contributed by atoms with Crippen LogP contribution in [0.1, 0.15) is 17.5 Å². The first kappa shape index (κ1) is 19.9. The van der Waals surface area contributed by atoms with Gasteiger partial charge in [0.25, 0.3) is 5.91 Å². The molecule has 8 nitrogen and oxygen atoms in total. The summed E-state index contributed by atoms with van der Waals surface area (Å²) in [5, 5.41) is 17.1. The van der Waals surface area contributed by atoms with Crippen molar-refractivity contribution in [3.05, 3.63) is 78.1 Å². The summed E-state index contributed by atoms with van der Waals surface area (Å²) in [5.74, 6) is -0.791. The Morgan fingerprint density at radius 1 is 1.13 bits per heavy atom. The van der Waals surface area contributed by atoms with E-state index in [0.717, 1.165) is 16.5 Å². The Morgan fingerprint density at radius 2 is 1.90 bits per heavy atom. The molecule has 0 radical (unpaired) electrons. The van der Waals surface area contributed by atoms with Crippen LogP contribution in [-0.4, -0.2) is 33.2 Å². The predicted molar refractivity (Wildman–Crippen MR) is 114 cm³/mol. The van der Waals surface area contributed by atoms with Crippen molar-refractivity contribution < 1.29 is 14.3 Å². The molecule has 0 saturated heterocycles. The fourth-order valence-corrected chi connectivity index (χ4v) is 3.28. The summed E-state index contributed by atoms with van der Waals surface area (Å²) < 4.78 is 6.56. The van der Waals surface area contributed by atoms with Gasteiger partial charge in [0, 0.05) is 23.5 Å². The van der Waals surface area contributed by atoms with Gasteiger partial charge in [-0.1, -0.05) is 36.4 Å². The number of benzene rings is 2. The quantitative estimate of drug-likeness (QED) is 0.451. The molecule has 2 aromatic carbocycles. The maximum atomic E-state index is 12.3. The summed E-state index contributed by atoms with van der Waals surface area (Å²) in [6, 6.07) is 18.9. The van der Waals surface area contributed by atoms with Gasteiger partial charge in [-0.05, 0) is 30.2 Å². The van der Waals surface area contributed by atoms with E-state index in [1.54, 1.807) is 12.1 Å². The van der Waals surface area contributed by atoms with Gasteiger partial charge in [-0.3, -0.25) is 9.59 Å². The van der Waals surface area contributed by atoms with Gasteiger partial charge < -0.3 is 15.0 Å². The van der Waals surface area contributed by atoms with Gasteiger partial charge in [0.05, 0.1) is 11.9 Å². The molecule has 2 heterocycles. The second kappa shape index (κ2) is 8.97. The van der Waals surface area contributed by atoms with Crippen LogP contribution in [-0.2, 0) is 20.7 Å². The van der Waals surface area contributed by atoms with Crippen molar-refractivity contribution in [1.29, 1.82) is 5.26 Å². The van der Waals surface area contributed by atoms with Crippen molar-refractivity contribution in [3.63, 3.8) is 0 Å². The number of nitrogens with one attached hydrogen (secondary N) is 2. The average Bonchev–Trinajstić information content (AvgIpc) is 3.40. The van der Waals surface area contributed by atoms with Crippen LogP contribution >= 0.6 is 0 Å². The van der Waals surface area contributed by atoms with Crippen LogP contribution in [0.15, 0.2) is 67.0 Å². The van der Waals surface area contributed by atoms with E-state index >= 15 is 0 Å². The number of fused-ring (bicyclic) bond motifs is 1. The first-order valence-corrected chi connectivity index (χ1v) is 9.69. The van der Waals surface area contributed by atoms with Gasteiger partial charge in [0.2, 0.25) is 0 Å². The Labute approximate surface area is 178 Å². The van der Waals surface area contributed by atoms with Crippen LogP contribution in [0.4, 0.5) is 5.82 Å². The molecule has 4 rings (SSSR count). The van der Waals surface area contributed by atoms with Crippen LogP contribution in [0.2, 0.25) is 0 Å². The fraction of sp³-hybridized carbons (Fsp3) is 0.130. The zero-order chi connectivity index (χ0) is 21.6. The molecule has 4 aromatic rings. The third-order valence-electron chi connectivity index (χ3n) is 4.79. The van der Waals surface area contributed by atoms with Crippen molar-refractivity contribution in [2.24, 2.45) is 0 Å². The molecule has 2 N–H and O–H groups in total. The van der Waals surface area contributed by atoms with Crippen molar-refractivity contribution in [2.45, 2.75) is 12.8 Å².